The summed E-state index contributed by atoms with van der Waals surface area (Å²) in [7, 11) is 0. The van der Waals surface area contributed by atoms with Crippen LogP contribution >= 0.6 is 0 Å². The molecule has 10 heteroatoms. The number of aromatic nitrogens is 4. The average molecular weight is 494 g/mol. The van der Waals surface area contributed by atoms with Gasteiger partial charge in [0, 0.05) is 25.1 Å². The Morgan fingerprint density at radius 1 is 1.25 bits per heavy atom. The van der Waals surface area contributed by atoms with E-state index in [0.29, 0.717) is 24.8 Å². The number of para-hydroxylation sites is 1. The third-order valence-corrected chi connectivity index (χ3v) is 6.19. The highest BCUT2D eigenvalue weighted by atomic mass is 16.2. The molecule has 10 nitrogen and oxygen atoms in total. The van der Waals surface area contributed by atoms with Gasteiger partial charge in [-0.25, -0.2) is 9.48 Å². The number of nitrogens with zero attached hydrogens (tertiary/aromatic N) is 4. The summed E-state index contributed by atoms with van der Waals surface area (Å²) in [6.45, 7) is 6.68. The predicted molar refractivity (Wildman–Crippen MR) is 142 cm³/mol. The van der Waals surface area contributed by atoms with E-state index in [2.05, 4.69) is 10.3 Å². The number of carbonyl (C=O) groups excluding carboxylic acids is 1. The largest absolute Gasteiger partial charge is 0.383 e. The van der Waals surface area contributed by atoms with Crippen LogP contribution in [0.1, 0.15) is 58.1 Å². The molecule has 4 N–H and O–H groups in total. The minimum atomic E-state index is -0.591. The van der Waals surface area contributed by atoms with E-state index in [9.17, 15) is 14.4 Å². The second-order valence-corrected chi connectivity index (χ2v) is 9.80. The van der Waals surface area contributed by atoms with Gasteiger partial charge >= 0.3 is 5.69 Å². The monoisotopic (exact) mass is 493 g/mol. The quantitative estimate of drug-likeness (QED) is 0.376. The Labute approximate surface area is 210 Å². The maximum Gasteiger partial charge on any atom is 0.330 e. The Kier molecular flexibility index (Phi) is 7.61. The molecule has 1 aliphatic carbocycles. The van der Waals surface area contributed by atoms with Gasteiger partial charge in [-0.05, 0) is 37.3 Å². The number of anilines is 3. The molecule has 1 amide bonds. The normalized spacial score (nSPS) is 13.2. The number of nitrogens with one attached hydrogen (secondary N) is 2. The number of nitrogens with two attached hydrogens (primary N) is 1. The number of carbonyl (C=O) groups is 1. The molecule has 0 radical (unpaired) electrons. The van der Waals surface area contributed by atoms with Crippen molar-refractivity contribution in [1.82, 2.24) is 19.3 Å². The minimum Gasteiger partial charge on any atom is -0.383 e. The highest BCUT2D eigenvalue weighted by Gasteiger charge is 2.28. The number of hydrogen-bond acceptors (Lipinski definition) is 6. The molecule has 36 heavy (non-hydrogen) atoms. The van der Waals surface area contributed by atoms with Crippen LogP contribution in [0.4, 0.5) is 17.3 Å². The third kappa shape index (κ3) is 5.69. The van der Waals surface area contributed by atoms with Crippen LogP contribution in [-0.2, 0) is 11.3 Å². The molecule has 0 bridgehead atoms. The van der Waals surface area contributed by atoms with Gasteiger partial charge in [-0.1, -0.05) is 45.4 Å². The first-order chi connectivity index (χ1) is 17.3. The molecule has 192 valence electrons. The third-order valence-electron chi connectivity index (χ3n) is 6.19. The Morgan fingerprint density at radius 3 is 2.61 bits per heavy atom. The lowest BCUT2D eigenvalue weighted by Crippen LogP contribution is -2.42. The van der Waals surface area contributed by atoms with E-state index in [-0.39, 0.29) is 29.9 Å². The second kappa shape index (κ2) is 10.8. The van der Waals surface area contributed by atoms with E-state index in [4.69, 9.17) is 10.8 Å². The molecule has 1 fully saturated rings. The van der Waals surface area contributed by atoms with E-state index in [1.807, 2.05) is 57.2 Å². The van der Waals surface area contributed by atoms with E-state index < -0.39 is 11.2 Å². The lowest BCUT2D eigenvalue weighted by atomic mass is 10.2. The van der Waals surface area contributed by atoms with Crippen molar-refractivity contribution in [3.8, 4) is 5.69 Å². The van der Waals surface area contributed by atoms with Gasteiger partial charge in [0.25, 0.3) is 5.56 Å². The maximum absolute atomic E-state index is 13.3. The van der Waals surface area contributed by atoms with Gasteiger partial charge < -0.3 is 16.0 Å². The average Bonchev–Trinajstić information content (AvgIpc) is 3.61. The molecule has 0 aliphatic heterocycles. The molecule has 0 atom stereocenters. The first-order valence-electron chi connectivity index (χ1n) is 12.6. The first-order valence-corrected chi connectivity index (χ1v) is 12.6. The van der Waals surface area contributed by atoms with E-state index in [1.54, 1.807) is 9.58 Å². The molecule has 0 saturated heterocycles. The number of rotatable bonds is 11. The molecule has 1 aliphatic rings. The summed E-state index contributed by atoms with van der Waals surface area (Å²) in [5.74, 6) is 0.926. The highest BCUT2D eigenvalue weighted by molar-refractivity contribution is 5.94. The van der Waals surface area contributed by atoms with Crippen LogP contribution in [0.2, 0.25) is 0 Å². The molecule has 0 spiro atoms. The first kappa shape index (κ1) is 25.3. The summed E-state index contributed by atoms with van der Waals surface area (Å²) in [5, 5.41) is 7.72. The van der Waals surface area contributed by atoms with Crippen molar-refractivity contribution in [2.75, 3.05) is 29.0 Å². The smallest absolute Gasteiger partial charge is 0.330 e. The van der Waals surface area contributed by atoms with E-state index >= 15 is 0 Å². The molecule has 1 aromatic carbocycles. The van der Waals surface area contributed by atoms with Crippen LogP contribution in [0.25, 0.3) is 5.69 Å². The van der Waals surface area contributed by atoms with E-state index in [1.165, 1.54) is 4.57 Å². The van der Waals surface area contributed by atoms with Gasteiger partial charge in [0.2, 0.25) is 5.91 Å². The van der Waals surface area contributed by atoms with Crippen LogP contribution in [-0.4, -0.2) is 38.3 Å². The molecule has 1 saturated carbocycles. The molecular formula is C26H35N7O3. The summed E-state index contributed by atoms with van der Waals surface area (Å²) in [5.41, 5.74) is 7.15. The maximum atomic E-state index is 13.3. The topological polar surface area (TPSA) is 131 Å². The summed E-state index contributed by atoms with van der Waals surface area (Å²) < 4.78 is 3.11. The number of hydrogen-bond donors (Lipinski definition) is 3. The molecule has 3 aromatic rings. The number of unbranched alkanes of at least 4 members (excludes halogenated alkanes) is 1. The number of aromatic amines is 1. The Bertz CT molecular complexity index is 1320. The lowest BCUT2D eigenvalue weighted by molar-refractivity contribution is -0.115. The van der Waals surface area contributed by atoms with E-state index in [0.717, 1.165) is 37.1 Å². The molecular weight excluding hydrogens is 458 g/mol. The fourth-order valence-electron chi connectivity index (χ4n) is 4.24. The summed E-state index contributed by atoms with van der Waals surface area (Å²) in [6, 6.07) is 11.6. The zero-order chi connectivity index (χ0) is 25.8. The zero-order valence-corrected chi connectivity index (χ0v) is 21.2. The van der Waals surface area contributed by atoms with Crippen LogP contribution < -0.4 is 27.2 Å². The van der Waals surface area contributed by atoms with Crippen LogP contribution in [0.3, 0.4) is 0 Å². The summed E-state index contributed by atoms with van der Waals surface area (Å²) in [6.07, 6.45) is 3.81. The molecule has 4 rings (SSSR count). The Hall–Kier alpha value is -3.82. The molecule has 2 aromatic heterocycles. The summed E-state index contributed by atoms with van der Waals surface area (Å²) in [4.78, 5) is 42.5. The van der Waals surface area contributed by atoms with Gasteiger partial charge in [-0.15, -0.1) is 0 Å². The predicted octanol–water partition coefficient (Wildman–Crippen LogP) is 3.08. The van der Waals surface area contributed by atoms with Gasteiger partial charge in [0.05, 0.1) is 17.9 Å². The van der Waals surface area contributed by atoms with Crippen LogP contribution in [0.5, 0.6) is 0 Å². The number of amides is 1. The van der Waals surface area contributed by atoms with Gasteiger partial charge in [0.1, 0.15) is 17.3 Å². The molecule has 0 unspecified atom stereocenters. The second-order valence-electron chi connectivity index (χ2n) is 9.80. The van der Waals surface area contributed by atoms with Gasteiger partial charge in [-0.2, -0.15) is 5.10 Å². The highest BCUT2D eigenvalue weighted by Crippen LogP contribution is 2.40. The number of H-pyrrole nitrogens is 1. The van der Waals surface area contributed by atoms with Crippen molar-refractivity contribution < 1.29 is 4.79 Å². The summed E-state index contributed by atoms with van der Waals surface area (Å²) >= 11 is 0. The fourth-order valence-corrected chi connectivity index (χ4v) is 4.24. The SMILES string of the molecule is CCCCN(CC(=O)Nc1cc(C2CC2)nn1-c1ccccc1)c1c(N)n(CC(C)C)c(=O)[nH]c1=O. The van der Waals surface area contributed by atoms with Crippen LogP contribution in [0, 0.1) is 5.92 Å². The fraction of sp³-hybridized carbons (Fsp3) is 0.462. The standard InChI is InChI=1S/C26H35N7O3/c1-4-5-13-31(23-24(27)32(15-17(2)3)26(36)29-25(23)35)16-22(34)28-21-14-20(18-11-12-18)30-33(21)19-9-7-6-8-10-19/h6-10,14,17-18H,4-5,11-13,15-16,27H2,1-3H3,(H,28,34)(H,29,35,36). The zero-order valence-electron chi connectivity index (χ0n) is 21.2. The van der Waals surface area contributed by atoms with Crippen molar-refractivity contribution in [3.05, 3.63) is 62.9 Å². The van der Waals surface area contributed by atoms with Gasteiger partial charge in [0.15, 0.2) is 0 Å². The van der Waals surface area contributed by atoms with Crippen molar-refractivity contribution in [1.29, 1.82) is 0 Å². The van der Waals surface area contributed by atoms with Crippen molar-refractivity contribution >= 4 is 23.2 Å². The Morgan fingerprint density at radius 2 is 1.97 bits per heavy atom. The number of benzene rings is 1. The van der Waals surface area contributed by atoms with Gasteiger partial charge in [-0.3, -0.25) is 19.1 Å². The Balaban J connectivity index is 1.63. The minimum absolute atomic E-state index is 0.0756. The van der Waals surface area contributed by atoms with Crippen molar-refractivity contribution in [2.24, 2.45) is 5.92 Å². The number of nitrogen functional groups attached to an aromatic ring is 1. The van der Waals surface area contributed by atoms with Crippen molar-refractivity contribution in [2.45, 2.75) is 58.9 Å². The van der Waals surface area contributed by atoms with Crippen LogP contribution in [0.15, 0.2) is 46.0 Å². The molecule has 2 heterocycles. The van der Waals surface area contributed by atoms with Crippen molar-refractivity contribution in [3.63, 3.8) is 0 Å². The lowest BCUT2D eigenvalue weighted by Gasteiger charge is -2.26.